The van der Waals surface area contributed by atoms with Gasteiger partial charge in [0, 0.05) is 127 Å². The summed E-state index contributed by atoms with van der Waals surface area (Å²) in [6.07, 6.45) is 3.73. The number of esters is 2. The summed E-state index contributed by atoms with van der Waals surface area (Å²) in [6.45, 7) is 25.5. The van der Waals surface area contributed by atoms with Crippen molar-refractivity contribution in [2.45, 2.75) is 195 Å². The molecule has 6 aromatic carbocycles. The fourth-order valence-corrected chi connectivity index (χ4v) is 16.4. The number of methoxy groups -OCH3 is 5. The monoisotopic (exact) mass is 1980 g/mol. The minimum Gasteiger partial charge on any atom is -0.870 e. The Morgan fingerprint density at radius 2 is 0.746 bits per heavy atom. The Morgan fingerprint density at radius 3 is 1.06 bits per heavy atom. The summed E-state index contributed by atoms with van der Waals surface area (Å²) in [7, 11) is 11.3. The number of pyridine rings is 3. The topological polar surface area (TPSA) is 415 Å². The minimum atomic E-state index is -1.49. The van der Waals surface area contributed by atoms with E-state index in [1.807, 2.05) is 80.5 Å². The smallest absolute Gasteiger partial charge is 0.870 e. The molecule has 4 aliphatic heterocycles. The van der Waals surface area contributed by atoms with Crippen molar-refractivity contribution in [2.75, 3.05) is 71.3 Å². The number of hydrogen-bond donors (Lipinski definition) is 7. The molecular formula is C98H118BBrF6LiN9O22. The van der Waals surface area contributed by atoms with Crippen molar-refractivity contribution in [3.63, 3.8) is 0 Å². The van der Waals surface area contributed by atoms with Crippen LogP contribution in [0.15, 0.2) is 110 Å². The summed E-state index contributed by atoms with van der Waals surface area (Å²) in [5, 5.41) is 25.7. The molecule has 138 heavy (non-hydrogen) atoms. The predicted molar refractivity (Wildman–Crippen MR) is 509 cm³/mol. The van der Waals surface area contributed by atoms with E-state index in [0.717, 1.165) is 83.5 Å². The Morgan fingerprint density at radius 1 is 0.457 bits per heavy atom. The molecule has 0 spiro atoms. The van der Waals surface area contributed by atoms with Gasteiger partial charge in [-0.1, -0.05) is 36.4 Å². The van der Waals surface area contributed by atoms with Crippen LogP contribution in [0.4, 0.5) is 43.4 Å². The molecule has 3 aromatic heterocycles. The van der Waals surface area contributed by atoms with Crippen molar-refractivity contribution in [2.24, 2.45) is 21.1 Å². The molecule has 4 aliphatic rings. The number of hydrogen-bond acceptors (Lipinski definition) is 23. The molecule has 1 saturated heterocycles. The van der Waals surface area contributed by atoms with Crippen molar-refractivity contribution in [1.29, 1.82) is 0 Å². The van der Waals surface area contributed by atoms with Crippen LogP contribution in [0.1, 0.15) is 170 Å². The molecule has 740 valence electrons. The number of fused-ring (bicyclic) bond motifs is 3. The molecule has 0 aliphatic carbocycles. The average molecular weight is 1990 g/mol. The second kappa shape index (κ2) is 48.4. The van der Waals surface area contributed by atoms with Crippen LogP contribution in [-0.2, 0) is 92.8 Å². The number of aromatic nitrogens is 3. The Bertz CT molecular complexity index is 6130. The van der Waals surface area contributed by atoms with Crippen molar-refractivity contribution in [3.8, 4) is 56.8 Å². The SMILES string of the molecule is COC(=O)[C@H](Cc1ccc(-c2c(OC)cc(C)n(C)c2=O)c2c1CCCO2)NC(=O)c1c(F)cc(NC(C)C)cc1F.COC(=O)[C@H](Cc1ccc(B2OC(C)(C)C(C)(C)O2)c2c1CCCO2)NC(=O)c1c(F)cc(NC(C)C)cc1F.COc1cc(C)n(C)c(=O)c1-c1ccc(C[C@H](NC(=O)c2c(F)cc(NC(C)C)cc2F)C(=O)O)c2c1OCCC2.COc1cc(C)n(C)c(=O)c1Br.O.[Li+].[OH-]. The fourth-order valence-electron chi connectivity index (χ4n) is 15.9. The van der Waals surface area contributed by atoms with Gasteiger partial charge in [0.15, 0.2) is 0 Å². The molecule has 0 bridgehead atoms. The zero-order valence-electron chi connectivity index (χ0n) is 81.3. The van der Waals surface area contributed by atoms with Crippen LogP contribution in [0.5, 0.6) is 34.5 Å². The number of carboxylic acid groups (broad SMARTS) is 1. The summed E-state index contributed by atoms with van der Waals surface area (Å²) in [6, 6.07) is 17.8. The van der Waals surface area contributed by atoms with Crippen LogP contribution in [-0.4, -0.2) is 175 Å². The standard InChI is InChI=1S/C31H35F2N3O6.C30H33F2N3O6.C29H37BF2N2O6.C8H10BrNO2.Li.2H2O/c1-16(2)34-19-14-22(32)27(23(33)15-19)29(37)35-24(31(39)41-6)13-18-9-10-21(28-20(18)8-7-11-42-28)26-25(40-5)12-17(3)36(4)30(26)38;1-15(2)33-18-13-21(31)26(22(32)14-18)28(36)34-23(30(38)39)12-17-8-9-20(27-19(17)7-6-10-41-27)25-24(40-5)11-16(3)35(4)29(25)37;1-16(2)33-18-14-21(31)24(22(32)15-18)26(35)34-23(27(36)37-7)13-17-10-11-20(25-19(17)9-8-12-38-25)30-39-28(3,4)29(5,6)40-30;1-5-4-6(12-3)7(9)8(11)10(5)2;;;/h9-10,12,14-16,24,34H,7-8,11,13H2,1-6H3,(H,35,37);8-9,11,13-15,23,33H,6-7,10,12H2,1-5H3,(H,34,36)(H,38,39);10-11,14-16,23,33H,8-9,12-13H2,1-7H3,(H,34,35);4H,1-3H3;;2*1H2/q;;;;+1;;/p-1/t24-;2*23-;;;;/m000..../s1. The summed E-state index contributed by atoms with van der Waals surface area (Å²) >= 11 is 3.17. The number of ether oxygens (including phenoxy) is 8. The third-order valence-electron chi connectivity index (χ3n) is 23.7. The molecular weight excluding hydrogens is 1870 g/mol. The Labute approximate surface area is 816 Å². The molecule has 0 radical (unpaired) electrons. The second-order valence-electron chi connectivity index (χ2n) is 34.9. The van der Waals surface area contributed by atoms with Gasteiger partial charge in [0.05, 0.1) is 77.7 Å². The van der Waals surface area contributed by atoms with Gasteiger partial charge in [-0.3, -0.25) is 28.8 Å². The molecule has 0 saturated carbocycles. The number of carbonyl (C=O) groups is 6. The molecule has 9 aromatic rings. The third kappa shape index (κ3) is 25.8. The van der Waals surface area contributed by atoms with E-state index < -0.39 is 124 Å². The first-order chi connectivity index (χ1) is 63.7. The molecule has 40 heteroatoms. The zero-order valence-corrected chi connectivity index (χ0v) is 82.9. The average Bonchev–Trinajstić information content (AvgIpc) is 1.62. The Hall–Kier alpha value is -12.2. The molecule has 7 heterocycles. The van der Waals surface area contributed by atoms with Crippen molar-refractivity contribution in [3.05, 3.63) is 229 Å². The van der Waals surface area contributed by atoms with Crippen LogP contribution >= 0.6 is 15.9 Å². The minimum absolute atomic E-state index is 0. The van der Waals surface area contributed by atoms with E-state index in [9.17, 15) is 74.6 Å². The fraction of sp³-hybridized carbons (Fsp3) is 0.418. The molecule has 31 nitrogen and oxygen atoms in total. The van der Waals surface area contributed by atoms with Crippen LogP contribution in [0.2, 0.25) is 0 Å². The molecule has 3 atom stereocenters. The number of aryl methyl sites for hydroxylation is 3. The number of carboxylic acids is 1. The third-order valence-corrected chi connectivity index (χ3v) is 24.5. The van der Waals surface area contributed by atoms with Gasteiger partial charge < -0.3 is 109 Å². The van der Waals surface area contributed by atoms with E-state index in [0.29, 0.717) is 136 Å². The van der Waals surface area contributed by atoms with E-state index in [2.05, 4.69) is 47.8 Å². The van der Waals surface area contributed by atoms with Gasteiger partial charge in [-0.25, -0.2) is 40.7 Å². The van der Waals surface area contributed by atoms with Gasteiger partial charge in [-0.15, -0.1) is 0 Å². The van der Waals surface area contributed by atoms with Crippen LogP contribution in [0.25, 0.3) is 22.3 Å². The second-order valence-corrected chi connectivity index (χ2v) is 35.7. The first-order valence-electron chi connectivity index (χ1n) is 43.9. The molecule has 13 rings (SSSR count). The molecule has 0 unspecified atom stereocenters. The van der Waals surface area contributed by atoms with Gasteiger partial charge in [0.1, 0.15) is 109 Å². The molecule has 10 N–H and O–H groups in total. The number of rotatable bonds is 27. The number of nitrogens with one attached hydrogen (secondary N) is 6. The van der Waals surface area contributed by atoms with Crippen molar-refractivity contribution >= 4 is 81.2 Å². The maximum absolute atomic E-state index is 14.8. The summed E-state index contributed by atoms with van der Waals surface area (Å²) in [5.41, 5.74) is 5.47. The number of nitrogens with zero attached hydrogens (tertiary/aromatic N) is 3. The largest absolute Gasteiger partial charge is 1.00 e. The zero-order chi connectivity index (χ0) is 99.4. The molecule has 1 fully saturated rings. The number of halogens is 7. The maximum Gasteiger partial charge on any atom is 1.00 e. The van der Waals surface area contributed by atoms with Crippen LogP contribution < -0.4 is 101 Å². The van der Waals surface area contributed by atoms with E-state index in [4.69, 9.17) is 47.2 Å². The maximum atomic E-state index is 14.8. The number of aliphatic carboxylic acids is 1. The first-order valence-corrected chi connectivity index (χ1v) is 44.7. The van der Waals surface area contributed by atoms with Crippen molar-refractivity contribution in [1.82, 2.24) is 29.7 Å². The van der Waals surface area contributed by atoms with Crippen LogP contribution in [0, 0.1) is 55.7 Å². The van der Waals surface area contributed by atoms with E-state index in [1.165, 1.54) is 30.5 Å². The number of anilines is 3. The Kier molecular flexibility index (Phi) is 39.5. The van der Waals surface area contributed by atoms with Crippen LogP contribution in [0.3, 0.4) is 0 Å². The quantitative estimate of drug-likeness (QED) is 0.0143. The van der Waals surface area contributed by atoms with E-state index >= 15 is 0 Å². The van der Waals surface area contributed by atoms with Gasteiger partial charge in [0.25, 0.3) is 34.4 Å². The van der Waals surface area contributed by atoms with Gasteiger partial charge in [0.2, 0.25) is 0 Å². The predicted octanol–water partition coefficient (Wildman–Crippen LogP) is 9.92. The number of benzene rings is 6. The molecule has 3 amide bonds. The van der Waals surface area contributed by atoms with E-state index in [-0.39, 0.29) is 101 Å². The van der Waals surface area contributed by atoms with Gasteiger partial charge in [-0.05, 0) is 214 Å². The summed E-state index contributed by atoms with van der Waals surface area (Å²) in [4.78, 5) is 114. The van der Waals surface area contributed by atoms with Crippen molar-refractivity contribution < 1.29 is 137 Å². The Balaban J connectivity index is 0.000000262. The number of amides is 3. The summed E-state index contributed by atoms with van der Waals surface area (Å²) < 4.78 is 150. The van der Waals surface area contributed by atoms with Gasteiger partial charge in [-0.2, -0.15) is 0 Å². The first kappa shape index (κ1) is 113. The van der Waals surface area contributed by atoms with E-state index in [1.54, 1.807) is 96.9 Å². The van der Waals surface area contributed by atoms with Gasteiger partial charge >= 0.3 is 43.9 Å². The summed E-state index contributed by atoms with van der Waals surface area (Å²) in [5.74, 6) is -9.76. The normalized spacial score (nSPS) is 14.1. The number of carbonyl (C=O) groups excluding carboxylic acids is 5.